The molecular formula is C28H32N6O4S. The topological polar surface area (TPSA) is 139 Å². The molecule has 39 heavy (non-hydrogen) atoms. The van der Waals surface area contributed by atoms with Crippen molar-refractivity contribution < 1.29 is 19.2 Å². The second kappa shape index (κ2) is 12.5. The molecule has 0 radical (unpaired) electrons. The molecular weight excluding hydrogens is 516 g/mol. The molecule has 0 saturated carbocycles. The van der Waals surface area contributed by atoms with Crippen LogP contribution >= 0.6 is 11.8 Å². The summed E-state index contributed by atoms with van der Waals surface area (Å²) in [7, 11) is 1.74. The number of likely N-dealkylation sites (tertiary alicyclic amines) is 1. The summed E-state index contributed by atoms with van der Waals surface area (Å²) >= 11 is 1.55. The molecule has 1 aliphatic heterocycles. The van der Waals surface area contributed by atoms with Crippen LogP contribution in [0.25, 0.3) is 0 Å². The Hall–Kier alpha value is -4.25. The number of rotatable bonds is 9. The van der Waals surface area contributed by atoms with Crippen LogP contribution < -0.4 is 21.7 Å². The van der Waals surface area contributed by atoms with Crippen molar-refractivity contribution in [3.8, 4) is 0 Å². The van der Waals surface area contributed by atoms with E-state index in [4.69, 9.17) is 5.73 Å². The Morgan fingerprint density at radius 1 is 1.05 bits per heavy atom. The van der Waals surface area contributed by atoms with Crippen molar-refractivity contribution in [3.05, 3.63) is 84.2 Å². The number of carbonyl (C=O) groups excluding carboxylic acids is 4. The summed E-state index contributed by atoms with van der Waals surface area (Å²) < 4.78 is 1.67. The average molecular weight is 549 g/mol. The van der Waals surface area contributed by atoms with E-state index >= 15 is 0 Å². The highest BCUT2D eigenvalue weighted by atomic mass is 32.2. The van der Waals surface area contributed by atoms with Gasteiger partial charge in [0.1, 0.15) is 17.8 Å². The Kier molecular flexibility index (Phi) is 8.92. The van der Waals surface area contributed by atoms with Crippen LogP contribution in [0.2, 0.25) is 0 Å². The molecule has 3 atom stereocenters. The molecule has 4 rings (SSSR count). The van der Waals surface area contributed by atoms with Crippen LogP contribution in [-0.2, 0) is 23.1 Å². The van der Waals surface area contributed by atoms with Gasteiger partial charge < -0.3 is 31.2 Å². The first kappa shape index (κ1) is 27.8. The minimum Gasteiger partial charge on any atom is -0.368 e. The zero-order chi connectivity index (χ0) is 27.9. The second-order valence-electron chi connectivity index (χ2n) is 9.33. The van der Waals surface area contributed by atoms with Crippen LogP contribution in [-0.4, -0.2) is 64.1 Å². The van der Waals surface area contributed by atoms with Gasteiger partial charge in [0, 0.05) is 36.8 Å². The predicted octanol–water partition coefficient (Wildman–Crippen LogP) is 2.36. The highest BCUT2D eigenvalue weighted by Crippen LogP contribution is 2.23. The summed E-state index contributed by atoms with van der Waals surface area (Å²) in [4.78, 5) is 54.7. The summed E-state index contributed by atoms with van der Waals surface area (Å²) in [5.74, 6) is -1.61. The molecule has 2 heterocycles. The van der Waals surface area contributed by atoms with Gasteiger partial charge >= 0.3 is 6.03 Å². The smallest absolute Gasteiger partial charge is 0.319 e. The van der Waals surface area contributed by atoms with Crippen molar-refractivity contribution in [1.29, 1.82) is 0 Å². The number of benzene rings is 2. The van der Waals surface area contributed by atoms with E-state index in [0.29, 0.717) is 17.8 Å². The lowest BCUT2D eigenvalue weighted by molar-refractivity contribution is -0.130. The molecule has 3 aromatic rings. The van der Waals surface area contributed by atoms with E-state index in [1.807, 2.05) is 54.8 Å². The number of urea groups is 1. The van der Waals surface area contributed by atoms with Crippen molar-refractivity contribution in [2.75, 3.05) is 18.1 Å². The van der Waals surface area contributed by atoms with Gasteiger partial charge in [-0.25, -0.2) is 4.79 Å². The fourth-order valence-corrected chi connectivity index (χ4v) is 5.15. The summed E-state index contributed by atoms with van der Waals surface area (Å²) in [5.41, 5.74) is 7.46. The molecule has 0 spiro atoms. The Morgan fingerprint density at radius 2 is 1.82 bits per heavy atom. The number of aromatic nitrogens is 1. The highest BCUT2D eigenvalue weighted by Gasteiger charge is 2.44. The lowest BCUT2D eigenvalue weighted by Crippen LogP contribution is -2.58. The van der Waals surface area contributed by atoms with Crippen molar-refractivity contribution in [1.82, 2.24) is 20.1 Å². The third-order valence-corrected chi connectivity index (χ3v) is 7.40. The van der Waals surface area contributed by atoms with E-state index in [2.05, 4.69) is 16.0 Å². The second-order valence-corrected chi connectivity index (χ2v) is 10.2. The molecule has 2 aromatic carbocycles. The standard InChI is InChI=1S/C28H32N6O4S/c1-33-14-7-12-23(33)27(37)34-15-13-21(32-28(38)30-19-10-6-11-20(17-19)39-2)24(34)26(36)31-22(25(29)35)16-18-8-4-3-5-9-18/h3-12,14,17,21-22,24H,13,15-16H2,1-2H3,(H2,29,35)(H,31,36)(H2,30,32,38)/t21-,22+,24-/m0/s1. The van der Waals surface area contributed by atoms with Gasteiger partial charge in [-0.15, -0.1) is 11.8 Å². The maximum Gasteiger partial charge on any atom is 0.319 e. The summed E-state index contributed by atoms with van der Waals surface area (Å²) in [6, 6.07) is 16.8. The molecule has 204 valence electrons. The first-order valence-corrected chi connectivity index (χ1v) is 13.8. The van der Waals surface area contributed by atoms with Gasteiger partial charge in [0.2, 0.25) is 11.8 Å². The molecule has 1 saturated heterocycles. The number of primary amides is 1. The third-order valence-electron chi connectivity index (χ3n) is 6.68. The number of nitrogens with zero attached hydrogens (tertiary/aromatic N) is 2. The quantitative estimate of drug-likeness (QED) is 0.304. The Morgan fingerprint density at radius 3 is 2.49 bits per heavy atom. The van der Waals surface area contributed by atoms with Crippen LogP contribution in [0.1, 0.15) is 22.5 Å². The van der Waals surface area contributed by atoms with Crippen molar-refractivity contribution in [2.24, 2.45) is 12.8 Å². The maximum absolute atomic E-state index is 13.7. The van der Waals surface area contributed by atoms with Crippen LogP contribution in [0.5, 0.6) is 0 Å². The van der Waals surface area contributed by atoms with E-state index in [9.17, 15) is 19.2 Å². The van der Waals surface area contributed by atoms with Crippen LogP contribution in [0, 0.1) is 0 Å². The Labute approximate surface area is 231 Å². The minimum atomic E-state index is -1.05. The van der Waals surface area contributed by atoms with E-state index in [1.54, 1.807) is 47.8 Å². The number of carbonyl (C=O) groups is 4. The number of nitrogens with two attached hydrogens (primary N) is 1. The molecule has 1 aliphatic rings. The fraction of sp³-hybridized carbons (Fsp3) is 0.286. The number of amides is 5. The molecule has 0 aliphatic carbocycles. The number of anilines is 1. The molecule has 1 aromatic heterocycles. The number of nitrogens with one attached hydrogen (secondary N) is 3. The number of hydrogen-bond donors (Lipinski definition) is 4. The van der Waals surface area contributed by atoms with Gasteiger partial charge in [-0.3, -0.25) is 14.4 Å². The van der Waals surface area contributed by atoms with Gasteiger partial charge in [0.25, 0.3) is 5.91 Å². The van der Waals surface area contributed by atoms with Crippen molar-refractivity contribution in [3.63, 3.8) is 0 Å². The monoisotopic (exact) mass is 548 g/mol. The lowest BCUT2D eigenvalue weighted by Gasteiger charge is -2.29. The molecule has 0 bridgehead atoms. The first-order valence-electron chi connectivity index (χ1n) is 12.5. The van der Waals surface area contributed by atoms with Crippen LogP contribution in [0.3, 0.4) is 0 Å². The third kappa shape index (κ3) is 6.80. The van der Waals surface area contributed by atoms with Gasteiger partial charge in [-0.05, 0) is 48.6 Å². The molecule has 0 unspecified atom stereocenters. The summed E-state index contributed by atoms with van der Waals surface area (Å²) in [5, 5.41) is 8.39. The van der Waals surface area contributed by atoms with Crippen molar-refractivity contribution >= 4 is 41.2 Å². The Bertz CT molecular complexity index is 1340. The fourth-order valence-electron chi connectivity index (χ4n) is 4.69. The van der Waals surface area contributed by atoms with Crippen LogP contribution in [0.15, 0.2) is 77.8 Å². The van der Waals surface area contributed by atoms with E-state index in [-0.39, 0.29) is 18.9 Å². The normalized spacial score (nSPS) is 17.3. The van der Waals surface area contributed by atoms with Gasteiger partial charge in [-0.1, -0.05) is 36.4 Å². The number of hydrogen-bond acceptors (Lipinski definition) is 5. The molecule has 10 nitrogen and oxygen atoms in total. The largest absolute Gasteiger partial charge is 0.368 e. The van der Waals surface area contributed by atoms with Gasteiger partial charge in [0.05, 0.1) is 6.04 Å². The minimum absolute atomic E-state index is 0.199. The molecule has 1 fully saturated rings. The number of aryl methyl sites for hydroxylation is 1. The van der Waals surface area contributed by atoms with E-state index < -0.39 is 36.0 Å². The van der Waals surface area contributed by atoms with Gasteiger partial charge in [0.15, 0.2) is 0 Å². The molecule has 5 amide bonds. The van der Waals surface area contributed by atoms with Crippen LogP contribution in [0.4, 0.5) is 10.5 Å². The van der Waals surface area contributed by atoms with E-state index in [1.165, 1.54) is 4.90 Å². The average Bonchev–Trinajstić information content (AvgIpc) is 3.54. The first-order chi connectivity index (χ1) is 18.8. The van der Waals surface area contributed by atoms with E-state index in [0.717, 1.165) is 10.5 Å². The molecule has 11 heteroatoms. The summed E-state index contributed by atoms with van der Waals surface area (Å²) in [6.07, 6.45) is 4.24. The van der Waals surface area contributed by atoms with Gasteiger partial charge in [-0.2, -0.15) is 0 Å². The summed E-state index contributed by atoms with van der Waals surface area (Å²) in [6.45, 7) is 0.245. The molecule has 5 N–H and O–H groups in total. The van der Waals surface area contributed by atoms with Crippen molar-refractivity contribution in [2.45, 2.75) is 35.9 Å². The Balaban J connectivity index is 1.54. The number of thioether (sulfide) groups is 1. The lowest BCUT2D eigenvalue weighted by atomic mass is 10.0. The SMILES string of the molecule is CSc1cccc(NC(=O)N[C@H]2CCN(C(=O)c3cccn3C)[C@@H]2C(=O)N[C@H](Cc2ccccc2)C(N)=O)c1. The highest BCUT2D eigenvalue weighted by molar-refractivity contribution is 7.98. The maximum atomic E-state index is 13.7. The zero-order valence-corrected chi connectivity index (χ0v) is 22.6. The zero-order valence-electron chi connectivity index (χ0n) is 21.8. The predicted molar refractivity (Wildman–Crippen MR) is 150 cm³/mol.